The van der Waals surface area contributed by atoms with E-state index in [4.69, 9.17) is 4.74 Å². The molecule has 166 valence electrons. The summed E-state index contributed by atoms with van der Waals surface area (Å²) in [5.74, 6) is 3.30. The van der Waals surface area contributed by atoms with Crippen LogP contribution in [0.3, 0.4) is 0 Å². The number of benzene rings is 2. The first-order chi connectivity index (χ1) is 15.6. The molecule has 3 aromatic rings. The van der Waals surface area contributed by atoms with E-state index >= 15 is 0 Å². The summed E-state index contributed by atoms with van der Waals surface area (Å²) < 4.78 is 5.16. The van der Waals surface area contributed by atoms with Gasteiger partial charge in [0.15, 0.2) is 0 Å². The lowest BCUT2D eigenvalue weighted by atomic mass is 10.1. The normalized spacial score (nSPS) is 13.1. The first kappa shape index (κ1) is 21.6. The fourth-order valence-electron chi connectivity index (χ4n) is 3.78. The molecule has 0 saturated carbocycles. The van der Waals surface area contributed by atoms with Gasteiger partial charge in [0.25, 0.3) is 0 Å². The van der Waals surface area contributed by atoms with Crippen LogP contribution in [-0.2, 0) is 11.2 Å². The predicted molar refractivity (Wildman–Crippen MR) is 128 cm³/mol. The highest BCUT2D eigenvalue weighted by Gasteiger charge is 2.15. The van der Waals surface area contributed by atoms with E-state index in [9.17, 15) is 4.79 Å². The molecule has 4 rings (SSSR count). The first-order valence-electron chi connectivity index (χ1n) is 11.0. The molecule has 1 aromatic heterocycles. The summed E-state index contributed by atoms with van der Waals surface area (Å²) in [5, 5.41) is 6.30. The molecule has 32 heavy (non-hydrogen) atoms. The highest BCUT2D eigenvalue weighted by atomic mass is 16.5. The number of aromatic nitrogens is 2. The molecular weight excluding hydrogens is 402 g/mol. The third-order valence-corrected chi connectivity index (χ3v) is 5.50. The van der Waals surface area contributed by atoms with Crippen LogP contribution in [0.4, 0.5) is 23.0 Å². The van der Waals surface area contributed by atoms with Gasteiger partial charge in [-0.2, -0.15) is 0 Å². The summed E-state index contributed by atoms with van der Waals surface area (Å²) in [4.78, 5) is 23.7. The van der Waals surface area contributed by atoms with Gasteiger partial charge in [0, 0.05) is 37.0 Å². The molecule has 0 radical (unpaired) electrons. The number of hydrogen-bond acceptors (Lipinski definition) is 6. The van der Waals surface area contributed by atoms with E-state index in [1.807, 2.05) is 61.5 Å². The zero-order chi connectivity index (χ0) is 22.3. The number of amides is 1. The summed E-state index contributed by atoms with van der Waals surface area (Å²) in [6.45, 7) is 4.00. The smallest absolute Gasteiger partial charge is 0.224 e. The molecule has 1 fully saturated rings. The molecule has 1 saturated heterocycles. The molecular formula is C25H29N5O2. The Balaban J connectivity index is 1.31. The molecule has 1 amide bonds. The van der Waals surface area contributed by atoms with Crippen molar-refractivity contribution >= 4 is 28.9 Å². The fraction of sp³-hybridized carbons (Fsp3) is 0.320. The van der Waals surface area contributed by atoms with Crippen LogP contribution < -0.4 is 20.3 Å². The lowest BCUT2D eigenvalue weighted by Gasteiger charge is -2.18. The summed E-state index contributed by atoms with van der Waals surface area (Å²) in [7, 11) is 1.64. The van der Waals surface area contributed by atoms with Crippen molar-refractivity contribution in [3.8, 4) is 5.75 Å². The Labute approximate surface area is 188 Å². The van der Waals surface area contributed by atoms with Crippen LogP contribution in [-0.4, -0.2) is 36.1 Å². The largest absolute Gasteiger partial charge is 0.497 e. The molecule has 7 nitrogen and oxygen atoms in total. The van der Waals surface area contributed by atoms with E-state index in [0.717, 1.165) is 53.2 Å². The van der Waals surface area contributed by atoms with Gasteiger partial charge in [-0.1, -0.05) is 12.1 Å². The molecule has 0 aliphatic carbocycles. The SMILES string of the molecule is COc1ccc(CCC(=O)Nc2ccc(Nc3cc(N4CCCC4)nc(C)n3)cc2)cc1. The van der Waals surface area contributed by atoms with E-state index in [-0.39, 0.29) is 5.91 Å². The van der Waals surface area contributed by atoms with Crippen LogP contribution in [0.25, 0.3) is 0 Å². The fourth-order valence-corrected chi connectivity index (χ4v) is 3.78. The number of rotatable bonds is 8. The molecule has 2 heterocycles. The number of methoxy groups -OCH3 is 1. The number of carbonyl (C=O) groups is 1. The minimum absolute atomic E-state index is 0.0109. The Morgan fingerprint density at radius 1 is 1.00 bits per heavy atom. The molecule has 0 atom stereocenters. The molecule has 1 aliphatic rings. The lowest BCUT2D eigenvalue weighted by molar-refractivity contribution is -0.116. The molecule has 0 unspecified atom stereocenters. The molecule has 7 heteroatoms. The van der Waals surface area contributed by atoms with E-state index in [1.54, 1.807) is 7.11 Å². The number of carbonyl (C=O) groups excluding carboxylic acids is 1. The summed E-state index contributed by atoms with van der Waals surface area (Å²) in [6.07, 6.45) is 3.52. The minimum atomic E-state index is -0.0109. The van der Waals surface area contributed by atoms with E-state index < -0.39 is 0 Å². The van der Waals surface area contributed by atoms with Crippen LogP contribution in [0.2, 0.25) is 0 Å². The third-order valence-electron chi connectivity index (χ3n) is 5.50. The van der Waals surface area contributed by atoms with Gasteiger partial charge >= 0.3 is 0 Å². The quantitative estimate of drug-likeness (QED) is 0.538. The van der Waals surface area contributed by atoms with Gasteiger partial charge < -0.3 is 20.3 Å². The number of hydrogen-bond donors (Lipinski definition) is 2. The second kappa shape index (κ2) is 10.1. The Kier molecular flexibility index (Phi) is 6.84. The second-order valence-corrected chi connectivity index (χ2v) is 7.95. The number of ether oxygens (including phenoxy) is 1. The zero-order valence-electron chi connectivity index (χ0n) is 18.6. The molecule has 1 aliphatic heterocycles. The maximum absolute atomic E-state index is 12.3. The van der Waals surface area contributed by atoms with Crippen molar-refractivity contribution in [3.05, 3.63) is 66.0 Å². The van der Waals surface area contributed by atoms with Gasteiger partial charge in [-0.25, -0.2) is 9.97 Å². The van der Waals surface area contributed by atoms with Crippen LogP contribution in [0.15, 0.2) is 54.6 Å². The van der Waals surface area contributed by atoms with Gasteiger partial charge in [0.1, 0.15) is 23.2 Å². The van der Waals surface area contributed by atoms with E-state index in [2.05, 4.69) is 25.5 Å². The maximum atomic E-state index is 12.3. The molecule has 2 N–H and O–H groups in total. The molecule has 0 bridgehead atoms. The minimum Gasteiger partial charge on any atom is -0.497 e. The monoisotopic (exact) mass is 431 g/mol. The van der Waals surface area contributed by atoms with Gasteiger partial charge in [0.05, 0.1) is 7.11 Å². The van der Waals surface area contributed by atoms with Crippen LogP contribution >= 0.6 is 0 Å². The van der Waals surface area contributed by atoms with Crippen molar-refractivity contribution in [1.82, 2.24) is 9.97 Å². The first-order valence-corrected chi connectivity index (χ1v) is 11.0. The van der Waals surface area contributed by atoms with Crippen LogP contribution in [0.1, 0.15) is 30.7 Å². The standard InChI is InChI=1S/C25H29N5O2/c1-18-26-23(17-24(27-18)30-15-3-4-16-30)28-20-8-10-21(11-9-20)29-25(31)14-7-19-5-12-22(32-2)13-6-19/h5-6,8-13,17H,3-4,7,14-16H2,1-2H3,(H,29,31)(H,26,27,28). The van der Waals surface area contributed by atoms with Gasteiger partial charge in [-0.15, -0.1) is 0 Å². The predicted octanol–water partition coefficient (Wildman–Crippen LogP) is 4.71. The van der Waals surface area contributed by atoms with Crippen molar-refractivity contribution < 1.29 is 9.53 Å². The van der Waals surface area contributed by atoms with E-state index in [1.165, 1.54) is 12.8 Å². The summed E-state index contributed by atoms with van der Waals surface area (Å²) in [5.41, 5.74) is 2.78. The van der Waals surface area contributed by atoms with Crippen molar-refractivity contribution in [2.24, 2.45) is 0 Å². The Hall–Kier alpha value is -3.61. The van der Waals surface area contributed by atoms with Gasteiger partial charge in [0.2, 0.25) is 5.91 Å². The topological polar surface area (TPSA) is 79.4 Å². The number of nitrogens with zero attached hydrogens (tertiary/aromatic N) is 3. The average Bonchev–Trinajstić information content (AvgIpc) is 3.34. The Morgan fingerprint density at radius 2 is 1.69 bits per heavy atom. The third kappa shape index (κ3) is 5.75. The number of anilines is 4. The zero-order valence-corrected chi connectivity index (χ0v) is 18.6. The lowest BCUT2D eigenvalue weighted by Crippen LogP contribution is -2.19. The second-order valence-electron chi connectivity index (χ2n) is 7.95. The highest BCUT2D eigenvalue weighted by molar-refractivity contribution is 5.91. The highest BCUT2D eigenvalue weighted by Crippen LogP contribution is 2.23. The number of aryl methyl sites for hydroxylation is 2. The van der Waals surface area contributed by atoms with Gasteiger partial charge in [-0.05, 0) is 68.1 Å². The van der Waals surface area contributed by atoms with Gasteiger partial charge in [-0.3, -0.25) is 4.79 Å². The molecule has 0 spiro atoms. The summed E-state index contributed by atoms with van der Waals surface area (Å²) in [6, 6.07) is 17.4. The van der Waals surface area contributed by atoms with Crippen molar-refractivity contribution in [3.63, 3.8) is 0 Å². The molecule has 2 aromatic carbocycles. The summed E-state index contributed by atoms with van der Waals surface area (Å²) >= 11 is 0. The average molecular weight is 432 g/mol. The maximum Gasteiger partial charge on any atom is 0.224 e. The number of nitrogens with one attached hydrogen (secondary N) is 2. The van der Waals surface area contributed by atoms with E-state index in [0.29, 0.717) is 12.8 Å². The van der Waals surface area contributed by atoms with Crippen molar-refractivity contribution in [1.29, 1.82) is 0 Å². The Bertz CT molecular complexity index is 1040. The Morgan fingerprint density at radius 3 is 2.38 bits per heavy atom. The van der Waals surface area contributed by atoms with Crippen molar-refractivity contribution in [2.75, 3.05) is 35.7 Å². The van der Waals surface area contributed by atoms with Crippen LogP contribution in [0.5, 0.6) is 5.75 Å². The van der Waals surface area contributed by atoms with Crippen molar-refractivity contribution in [2.45, 2.75) is 32.6 Å². The van der Waals surface area contributed by atoms with Crippen LogP contribution in [0, 0.1) is 6.92 Å².